The van der Waals surface area contributed by atoms with Gasteiger partial charge in [-0.3, -0.25) is 14.4 Å². The van der Waals surface area contributed by atoms with Crippen LogP contribution in [0, 0.1) is 11.6 Å². The van der Waals surface area contributed by atoms with Crippen molar-refractivity contribution < 1.29 is 27.9 Å². The minimum absolute atomic E-state index is 0.111. The van der Waals surface area contributed by atoms with Crippen LogP contribution in [0.3, 0.4) is 0 Å². The number of likely N-dealkylation sites (tertiary alicyclic amines) is 1. The summed E-state index contributed by atoms with van der Waals surface area (Å²) in [6.07, 6.45) is 1.76. The van der Waals surface area contributed by atoms with Gasteiger partial charge in [0.25, 0.3) is 5.91 Å². The second-order valence-electron chi connectivity index (χ2n) is 5.87. The van der Waals surface area contributed by atoms with Crippen LogP contribution in [-0.4, -0.2) is 41.9 Å². The fourth-order valence-corrected chi connectivity index (χ4v) is 2.47. The van der Waals surface area contributed by atoms with Gasteiger partial charge in [0, 0.05) is 19.0 Å². The number of carbonyl (C=O) groups is 3. The molecule has 25 heavy (non-hydrogen) atoms. The standard InChI is InChI=1S/C17H20F2N2O4/c1-11(17(24)20-14-7-6-12(18)9-13(14)19)25-16(23)10-21-8-4-2-3-5-15(21)22/h6-7,9,11H,2-5,8,10H2,1H3,(H,20,24)/t11-/m0/s1. The Morgan fingerprint density at radius 1 is 1.28 bits per heavy atom. The van der Waals surface area contributed by atoms with Crippen LogP contribution in [-0.2, 0) is 19.1 Å². The van der Waals surface area contributed by atoms with Crippen molar-refractivity contribution in [3.63, 3.8) is 0 Å². The van der Waals surface area contributed by atoms with Gasteiger partial charge in [-0.05, 0) is 31.9 Å². The normalized spacial score (nSPS) is 16.1. The number of rotatable bonds is 5. The molecule has 1 aromatic rings. The Morgan fingerprint density at radius 3 is 2.76 bits per heavy atom. The van der Waals surface area contributed by atoms with E-state index in [-0.39, 0.29) is 18.1 Å². The molecule has 1 aliphatic heterocycles. The molecule has 1 heterocycles. The summed E-state index contributed by atoms with van der Waals surface area (Å²) in [6, 6.07) is 2.71. The molecular formula is C17H20F2N2O4. The van der Waals surface area contributed by atoms with Crippen molar-refractivity contribution in [3.05, 3.63) is 29.8 Å². The van der Waals surface area contributed by atoms with Gasteiger partial charge in [-0.2, -0.15) is 0 Å². The summed E-state index contributed by atoms with van der Waals surface area (Å²) in [5.41, 5.74) is -0.211. The molecule has 1 aliphatic rings. The van der Waals surface area contributed by atoms with Crippen LogP contribution in [0.25, 0.3) is 0 Å². The van der Waals surface area contributed by atoms with Crippen LogP contribution in [0.5, 0.6) is 0 Å². The Kier molecular flexibility index (Phi) is 6.44. The van der Waals surface area contributed by atoms with Crippen molar-refractivity contribution in [2.75, 3.05) is 18.4 Å². The second-order valence-corrected chi connectivity index (χ2v) is 5.87. The second kappa shape index (κ2) is 8.55. The number of nitrogens with one attached hydrogen (secondary N) is 1. The molecule has 0 aliphatic carbocycles. The molecule has 2 amide bonds. The Morgan fingerprint density at radius 2 is 2.04 bits per heavy atom. The van der Waals surface area contributed by atoms with Crippen LogP contribution in [0.4, 0.5) is 14.5 Å². The Bertz CT molecular complexity index is 666. The summed E-state index contributed by atoms with van der Waals surface area (Å²) in [7, 11) is 0. The maximum absolute atomic E-state index is 13.5. The van der Waals surface area contributed by atoms with Crippen molar-refractivity contribution in [2.45, 2.75) is 38.7 Å². The maximum atomic E-state index is 13.5. The lowest BCUT2D eigenvalue weighted by molar-refractivity contribution is -0.156. The van der Waals surface area contributed by atoms with Gasteiger partial charge in [-0.1, -0.05) is 6.42 Å². The quantitative estimate of drug-likeness (QED) is 0.823. The molecule has 1 aromatic carbocycles. The number of hydrogen-bond donors (Lipinski definition) is 1. The lowest BCUT2D eigenvalue weighted by atomic mass is 10.2. The van der Waals surface area contributed by atoms with Gasteiger partial charge in [0.15, 0.2) is 6.10 Å². The first-order valence-corrected chi connectivity index (χ1v) is 8.10. The zero-order chi connectivity index (χ0) is 18.4. The van der Waals surface area contributed by atoms with Crippen LogP contribution in [0.1, 0.15) is 32.6 Å². The number of halogens is 2. The fourth-order valence-electron chi connectivity index (χ4n) is 2.47. The largest absolute Gasteiger partial charge is 0.451 e. The number of anilines is 1. The van der Waals surface area contributed by atoms with Crippen LogP contribution in [0.2, 0.25) is 0 Å². The highest BCUT2D eigenvalue weighted by Crippen LogP contribution is 2.16. The lowest BCUT2D eigenvalue weighted by Gasteiger charge is -2.20. The minimum Gasteiger partial charge on any atom is -0.451 e. The average Bonchev–Trinajstić information content (AvgIpc) is 2.74. The number of benzene rings is 1. The minimum atomic E-state index is -1.18. The topological polar surface area (TPSA) is 75.7 Å². The Labute approximate surface area is 144 Å². The summed E-state index contributed by atoms with van der Waals surface area (Å²) >= 11 is 0. The van der Waals surface area contributed by atoms with Gasteiger partial charge in [-0.15, -0.1) is 0 Å². The van der Waals surface area contributed by atoms with E-state index < -0.39 is 29.6 Å². The number of esters is 1. The van der Waals surface area contributed by atoms with E-state index >= 15 is 0 Å². The molecule has 0 radical (unpaired) electrons. The summed E-state index contributed by atoms with van der Waals surface area (Å²) in [5.74, 6) is -3.27. The van der Waals surface area contributed by atoms with E-state index in [4.69, 9.17) is 4.74 Å². The summed E-state index contributed by atoms with van der Waals surface area (Å²) in [4.78, 5) is 37.2. The highest BCUT2D eigenvalue weighted by atomic mass is 19.1. The molecule has 6 nitrogen and oxygen atoms in total. The SMILES string of the molecule is C[C@H](OC(=O)CN1CCCCCC1=O)C(=O)Nc1ccc(F)cc1F. The molecule has 1 saturated heterocycles. The van der Waals surface area contributed by atoms with Gasteiger partial charge >= 0.3 is 5.97 Å². The molecular weight excluding hydrogens is 334 g/mol. The number of nitrogens with zero attached hydrogens (tertiary/aromatic N) is 1. The van der Waals surface area contributed by atoms with Gasteiger partial charge < -0.3 is 15.0 Å². The highest BCUT2D eigenvalue weighted by Gasteiger charge is 2.23. The van der Waals surface area contributed by atoms with Gasteiger partial charge in [0.1, 0.15) is 18.2 Å². The van der Waals surface area contributed by atoms with E-state index in [1.165, 1.54) is 11.8 Å². The van der Waals surface area contributed by atoms with Crippen molar-refractivity contribution in [1.29, 1.82) is 0 Å². The molecule has 1 atom stereocenters. The van der Waals surface area contributed by atoms with Crippen molar-refractivity contribution in [3.8, 4) is 0 Å². The average molecular weight is 354 g/mol. The van der Waals surface area contributed by atoms with E-state index in [0.717, 1.165) is 31.4 Å². The predicted molar refractivity (Wildman–Crippen MR) is 85.6 cm³/mol. The van der Waals surface area contributed by atoms with E-state index in [9.17, 15) is 23.2 Å². The van der Waals surface area contributed by atoms with Gasteiger partial charge in [0.2, 0.25) is 5.91 Å². The van der Waals surface area contributed by atoms with Crippen molar-refractivity contribution in [1.82, 2.24) is 4.90 Å². The molecule has 0 unspecified atom stereocenters. The number of ether oxygens (including phenoxy) is 1. The van der Waals surface area contributed by atoms with E-state index in [0.29, 0.717) is 19.0 Å². The smallest absolute Gasteiger partial charge is 0.326 e. The first-order chi connectivity index (χ1) is 11.9. The predicted octanol–water partition coefficient (Wildman–Crippen LogP) is 2.24. The van der Waals surface area contributed by atoms with Crippen LogP contribution in [0.15, 0.2) is 18.2 Å². The summed E-state index contributed by atoms with van der Waals surface area (Å²) < 4.78 is 31.4. The Hall–Kier alpha value is -2.51. The molecule has 8 heteroatoms. The third kappa shape index (κ3) is 5.51. The molecule has 1 fully saturated rings. The lowest BCUT2D eigenvalue weighted by Crippen LogP contribution is -2.38. The van der Waals surface area contributed by atoms with Gasteiger partial charge in [-0.25, -0.2) is 8.78 Å². The molecule has 136 valence electrons. The zero-order valence-corrected chi connectivity index (χ0v) is 13.9. The monoisotopic (exact) mass is 354 g/mol. The van der Waals surface area contributed by atoms with Crippen molar-refractivity contribution in [2.24, 2.45) is 0 Å². The van der Waals surface area contributed by atoms with E-state index in [2.05, 4.69) is 5.32 Å². The van der Waals surface area contributed by atoms with Crippen LogP contribution >= 0.6 is 0 Å². The molecule has 0 bridgehead atoms. The maximum Gasteiger partial charge on any atom is 0.326 e. The molecule has 0 saturated carbocycles. The molecule has 0 aromatic heterocycles. The number of carbonyl (C=O) groups excluding carboxylic acids is 3. The summed E-state index contributed by atoms with van der Waals surface area (Å²) in [5, 5.41) is 2.23. The molecule has 1 N–H and O–H groups in total. The highest BCUT2D eigenvalue weighted by molar-refractivity contribution is 5.95. The first-order valence-electron chi connectivity index (χ1n) is 8.10. The molecule has 0 spiro atoms. The van der Waals surface area contributed by atoms with E-state index in [1.54, 1.807) is 0 Å². The van der Waals surface area contributed by atoms with Crippen LogP contribution < -0.4 is 5.32 Å². The van der Waals surface area contributed by atoms with E-state index in [1.807, 2.05) is 0 Å². The number of hydrogen-bond acceptors (Lipinski definition) is 4. The molecule has 2 rings (SSSR count). The fraction of sp³-hybridized carbons (Fsp3) is 0.471. The third-order valence-electron chi connectivity index (χ3n) is 3.86. The van der Waals surface area contributed by atoms with Crippen molar-refractivity contribution >= 4 is 23.5 Å². The first kappa shape index (κ1) is 18.8. The summed E-state index contributed by atoms with van der Waals surface area (Å²) in [6.45, 7) is 1.59. The zero-order valence-electron chi connectivity index (χ0n) is 13.9. The Balaban J connectivity index is 1.87. The van der Waals surface area contributed by atoms with Gasteiger partial charge in [0.05, 0.1) is 5.69 Å². The number of amides is 2. The third-order valence-corrected chi connectivity index (χ3v) is 3.86.